The van der Waals surface area contributed by atoms with E-state index in [2.05, 4.69) is 24.3 Å². The van der Waals surface area contributed by atoms with Gasteiger partial charge in [0.1, 0.15) is 0 Å². The van der Waals surface area contributed by atoms with E-state index < -0.39 is 0 Å². The van der Waals surface area contributed by atoms with Crippen molar-refractivity contribution in [3.63, 3.8) is 0 Å². The maximum absolute atomic E-state index is 13.7. The number of benzene rings is 3. The molecule has 0 aromatic heterocycles. The predicted octanol–water partition coefficient (Wildman–Crippen LogP) is 4.70. The van der Waals surface area contributed by atoms with Crippen LogP contribution in [0, 0.1) is 25.7 Å². The molecule has 0 spiro atoms. The van der Waals surface area contributed by atoms with Crippen molar-refractivity contribution in [3.05, 3.63) is 100 Å². The fourth-order valence-electron chi connectivity index (χ4n) is 5.97. The van der Waals surface area contributed by atoms with Crippen LogP contribution in [-0.2, 0) is 9.59 Å². The molecule has 3 heteroatoms. The number of nitrogens with zero attached hydrogens (tertiary/aromatic N) is 1. The summed E-state index contributed by atoms with van der Waals surface area (Å²) >= 11 is 0. The normalized spacial score (nSPS) is 26.3. The fourth-order valence-corrected chi connectivity index (χ4v) is 5.97. The molecular formula is C26H21NO2. The summed E-state index contributed by atoms with van der Waals surface area (Å²) in [4.78, 5) is 28.9. The molecule has 2 atom stereocenters. The molecule has 0 unspecified atom stereocenters. The molecule has 0 N–H and O–H groups in total. The maximum atomic E-state index is 13.7. The van der Waals surface area contributed by atoms with Gasteiger partial charge in [0.05, 0.1) is 17.5 Å². The number of imide groups is 1. The van der Waals surface area contributed by atoms with E-state index in [0.29, 0.717) is 0 Å². The monoisotopic (exact) mass is 379 g/mol. The van der Waals surface area contributed by atoms with Gasteiger partial charge in [0.15, 0.2) is 0 Å². The van der Waals surface area contributed by atoms with Crippen LogP contribution < -0.4 is 4.90 Å². The van der Waals surface area contributed by atoms with Crippen LogP contribution in [0.5, 0.6) is 0 Å². The summed E-state index contributed by atoms with van der Waals surface area (Å²) < 4.78 is 0. The van der Waals surface area contributed by atoms with Gasteiger partial charge >= 0.3 is 0 Å². The molecule has 29 heavy (non-hydrogen) atoms. The molecule has 1 fully saturated rings. The molecule has 7 rings (SSSR count). The summed E-state index contributed by atoms with van der Waals surface area (Å²) in [6.45, 7) is 4.00. The van der Waals surface area contributed by atoms with Gasteiger partial charge in [-0.3, -0.25) is 9.59 Å². The highest BCUT2D eigenvalue weighted by molar-refractivity contribution is 6.23. The standard InChI is InChI=1S/C26H21NO2/c1-14-11-12-20(15(2)13-14)27-25(28)23-21-16-7-3-4-8-17(16)22(24(23)26(27)29)19-10-6-5-9-18(19)21/h3-13,21-24H,1-2H3/t21?,22?,23-,24-/m1/s1. The van der Waals surface area contributed by atoms with E-state index in [0.717, 1.165) is 16.8 Å². The minimum Gasteiger partial charge on any atom is -0.274 e. The number of carbonyl (C=O) groups is 2. The molecule has 2 amide bonds. The third-order valence-corrected chi connectivity index (χ3v) is 7.04. The Hall–Kier alpha value is -3.20. The zero-order valence-corrected chi connectivity index (χ0v) is 16.4. The number of amides is 2. The summed E-state index contributed by atoms with van der Waals surface area (Å²) in [5, 5.41) is 0. The van der Waals surface area contributed by atoms with E-state index in [1.165, 1.54) is 27.2 Å². The lowest BCUT2D eigenvalue weighted by Gasteiger charge is -2.45. The molecule has 0 radical (unpaired) electrons. The number of anilines is 1. The number of aryl methyl sites for hydroxylation is 2. The van der Waals surface area contributed by atoms with Crippen molar-refractivity contribution in [2.45, 2.75) is 25.7 Å². The average molecular weight is 379 g/mol. The molecule has 142 valence electrons. The number of hydrogen-bond donors (Lipinski definition) is 0. The average Bonchev–Trinajstić information content (AvgIpc) is 2.99. The van der Waals surface area contributed by atoms with Gasteiger partial charge in [-0.2, -0.15) is 0 Å². The first-order valence-corrected chi connectivity index (χ1v) is 10.2. The lowest BCUT2D eigenvalue weighted by molar-refractivity contribution is -0.122. The second-order valence-electron chi connectivity index (χ2n) is 8.57. The van der Waals surface area contributed by atoms with Gasteiger partial charge in [-0.15, -0.1) is 0 Å². The molecule has 1 aliphatic heterocycles. The Bertz CT molecular complexity index is 1100. The van der Waals surface area contributed by atoms with Crippen LogP contribution in [0.4, 0.5) is 5.69 Å². The Morgan fingerprint density at radius 1 is 0.655 bits per heavy atom. The second kappa shape index (κ2) is 5.66. The summed E-state index contributed by atoms with van der Waals surface area (Å²) in [7, 11) is 0. The molecule has 0 saturated carbocycles. The number of carbonyl (C=O) groups excluding carboxylic acids is 2. The Kier molecular flexibility index (Phi) is 3.27. The molecule has 1 heterocycles. The molecule has 1 saturated heterocycles. The van der Waals surface area contributed by atoms with Crippen molar-refractivity contribution in [1.82, 2.24) is 0 Å². The lowest BCUT2D eigenvalue weighted by Crippen LogP contribution is -2.41. The van der Waals surface area contributed by atoms with Gasteiger partial charge < -0.3 is 0 Å². The van der Waals surface area contributed by atoms with Crippen LogP contribution in [0.1, 0.15) is 45.2 Å². The van der Waals surface area contributed by atoms with E-state index in [1.54, 1.807) is 0 Å². The lowest BCUT2D eigenvalue weighted by atomic mass is 9.55. The highest BCUT2D eigenvalue weighted by atomic mass is 16.2. The van der Waals surface area contributed by atoms with Gasteiger partial charge in [-0.05, 0) is 47.7 Å². The second-order valence-corrected chi connectivity index (χ2v) is 8.57. The largest absolute Gasteiger partial charge is 0.274 e. The molecule has 3 aromatic carbocycles. The van der Waals surface area contributed by atoms with Crippen LogP contribution >= 0.6 is 0 Å². The first kappa shape index (κ1) is 16.7. The van der Waals surface area contributed by atoms with Crippen molar-refractivity contribution in [2.24, 2.45) is 11.8 Å². The summed E-state index contributed by atoms with van der Waals surface area (Å²) in [5.74, 6) is -0.845. The zero-order valence-electron chi connectivity index (χ0n) is 16.4. The first-order chi connectivity index (χ1) is 14.1. The molecule has 3 aliphatic carbocycles. The van der Waals surface area contributed by atoms with Crippen LogP contribution in [0.3, 0.4) is 0 Å². The van der Waals surface area contributed by atoms with Crippen molar-refractivity contribution in [2.75, 3.05) is 4.90 Å². The Labute approximate surface area is 170 Å². The highest BCUT2D eigenvalue weighted by Crippen LogP contribution is 2.61. The minimum atomic E-state index is -0.321. The summed E-state index contributed by atoms with van der Waals surface area (Å²) in [6, 6.07) is 22.6. The van der Waals surface area contributed by atoms with Gasteiger partial charge in [-0.25, -0.2) is 4.90 Å². The highest BCUT2D eigenvalue weighted by Gasteiger charge is 2.61. The van der Waals surface area contributed by atoms with E-state index in [-0.39, 0.29) is 35.5 Å². The van der Waals surface area contributed by atoms with E-state index >= 15 is 0 Å². The van der Waals surface area contributed by atoms with E-state index in [4.69, 9.17) is 0 Å². The van der Waals surface area contributed by atoms with Gasteiger partial charge in [0.25, 0.3) is 0 Å². The van der Waals surface area contributed by atoms with Crippen LogP contribution in [0.15, 0.2) is 66.7 Å². The number of rotatable bonds is 1. The molecule has 4 aliphatic rings. The Morgan fingerprint density at radius 3 is 1.52 bits per heavy atom. The molecule has 2 bridgehead atoms. The third-order valence-electron chi connectivity index (χ3n) is 7.04. The Morgan fingerprint density at radius 2 is 1.10 bits per heavy atom. The van der Waals surface area contributed by atoms with Crippen molar-refractivity contribution >= 4 is 17.5 Å². The topological polar surface area (TPSA) is 37.4 Å². The van der Waals surface area contributed by atoms with Crippen LogP contribution in [0.2, 0.25) is 0 Å². The van der Waals surface area contributed by atoms with Crippen LogP contribution in [0.25, 0.3) is 0 Å². The van der Waals surface area contributed by atoms with Crippen molar-refractivity contribution in [3.8, 4) is 0 Å². The van der Waals surface area contributed by atoms with Gasteiger partial charge in [0.2, 0.25) is 11.8 Å². The predicted molar refractivity (Wildman–Crippen MR) is 112 cm³/mol. The molecule has 3 nitrogen and oxygen atoms in total. The third kappa shape index (κ3) is 2.02. The first-order valence-electron chi connectivity index (χ1n) is 10.2. The molecule has 3 aromatic rings. The van der Waals surface area contributed by atoms with Gasteiger partial charge in [0, 0.05) is 11.8 Å². The summed E-state index contributed by atoms with van der Waals surface area (Å²) in [6.07, 6.45) is 0. The summed E-state index contributed by atoms with van der Waals surface area (Å²) in [5.41, 5.74) is 7.66. The molecular weight excluding hydrogens is 358 g/mol. The fraction of sp³-hybridized carbons (Fsp3) is 0.231. The SMILES string of the molecule is Cc1ccc(N2C(=O)[C@@H]3C4c5ccccc5C(c5ccccc54)[C@H]3C2=O)c(C)c1. The smallest absolute Gasteiger partial charge is 0.238 e. The van der Waals surface area contributed by atoms with Gasteiger partial charge in [-0.1, -0.05) is 66.2 Å². The van der Waals surface area contributed by atoms with Crippen LogP contribution in [-0.4, -0.2) is 11.8 Å². The maximum Gasteiger partial charge on any atom is 0.238 e. The van der Waals surface area contributed by atoms with Crippen molar-refractivity contribution < 1.29 is 9.59 Å². The number of hydrogen-bond acceptors (Lipinski definition) is 2. The quantitative estimate of drug-likeness (QED) is 0.575. The van der Waals surface area contributed by atoms with E-state index in [1.807, 2.05) is 56.3 Å². The zero-order chi connectivity index (χ0) is 19.9. The Balaban J connectivity index is 1.57. The minimum absolute atomic E-state index is 0.0500. The van der Waals surface area contributed by atoms with E-state index in [9.17, 15) is 9.59 Å². The van der Waals surface area contributed by atoms with Crippen molar-refractivity contribution in [1.29, 1.82) is 0 Å².